The summed E-state index contributed by atoms with van der Waals surface area (Å²) >= 11 is 0. The first-order valence-electron chi connectivity index (χ1n) is 10.6. The van der Waals surface area contributed by atoms with Crippen LogP contribution in [0, 0.1) is 48.9 Å². The quantitative estimate of drug-likeness (QED) is 0.662. The lowest BCUT2D eigenvalue weighted by Gasteiger charge is -2.49. The van der Waals surface area contributed by atoms with Gasteiger partial charge in [0.15, 0.2) is 0 Å². The fourth-order valence-corrected chi connectivity index (χ4v) is 6.49. The number of methoxy groups -OCH3 is 1. The van der Waals surface area contributed by atoms with Crippen molar-refractivity contribution < 1.29 is 4.74 Å². The summed E-state index contributed by atoms with van der Waals surface area (Å²) in [5.41, 5.74) is 3.62. The Bertz CT molecular complexity index is 719. The van der Waals surface area contributed by atoms with E-state index in [0.29, 0.717) is 11.5 Å². The average molecular weight is 361 g/mol. The van der Waals surface area contributed by atoms with Gasteiger partial charge in [-0.3, -0.25) is 4.99 Å². The van der Waals surface area contributed by atoms with Gasteiger partial charge in [-0.25, -0.2) is 0 Å². The molecule has 0 unspecified atom stereocenters. The summed E-state index contributed by atoms with van der Waals surface area (Å²) in [6, 6.07) is 7.30. The van der Waals surface area contributed by atoms with Crippen molar-refractivity contribution in [3.05, 3.63) is 60.9 Å². The SMILES string of the molecule is COc1ccc2c(c1)CC[C@@H]1[C@@H]2CC[C@]2(C)C[C@H](N=C[C]3[CH][CH][CH][CH]3)C[C@@H]12. The predicted octanol–water partition coefficient (Wildman–Crippen LogP) is 5.40. The zero-order chi connectivity index (χ0) is 18.4. The summed E-state index contributed by atoms with van der Waals surface area (Å²) < 4.78 is 5.46. The Morgan fingerprint density at radius 3 is 2.85 bits per heavy atom. The van der Waals surface area contributed by atoms with Crippen molar-refractivity contribution in [3.63, 3.8) is 0 Å². The maximum atomic E-state index is 5.46. The molecule has 0 amide bonds. The topological polar surface area (TPSA) is 21.6 Å². The first-order valence-corrected chi connectivity index (χ1v) is 10.6. The van der Waals surface area contributed by atoms with Gasteiger partial charge in [0.2, 0.25) is 0 Å². The molecule has 2 nitrogen and oxygen atoms in total. The number of hydrogen-bond donors (Lipinski definition) is 0. The van der Waals surface area contributed by atoms with Gasteiger partial charge >= 0.3 is 0 Å². The summed E-state index contributed by atoms with van der Waals surface area (Å²) in [7, 11) is 1.77. The van der Waals surface area contributed by atoms with Gasteiger partial charge in [0.05, 0.1) is 13.2 Å². The average Bonchev–Trinajstić information content (AvgIpc) is 3.32. The highest BCUT2D eigenvalue weighted by molar-refractivity contribution is 5.82. The third kappa shape index (κ3) is 3.13. The maximum Gasteiger partial charge on any atom is 0.119 e. The van der Waals surface area contributed by atoms with Crippen LogP contribution in [-0.2, 0) is 6.42 Å². The number of ether oxygens (including phenoxy) is 1. The van der Waals surface area contributed by atoms with Crippen molar-refractivity contribution in [3.8, 4) is 5.75 Å². The monoisotopic (exact) mass is 360 g/mol. The molecule has 2 heteroatoms. The van der Waals surface area contributed by atoms with Gasteiger partial charge in [0.25, 0.3) is 0 Å². The van der Waals surface area contributed by atoms with E-state index in [0.717, 1.165) is 23.5 Å². The van der Waals surface area contributed by atoms with E-state index in [1.54, 1.807) is 12.7 Å². The molecule has 0 bridgehead atoms. The highest BCUT2D eigenvalue weighted by Gasteiger charge is 2.53. The van der Waals surface area contributed by atoms with Crippen LogP contribution in [0.4, 0.5) is 0 Å². The second kappa shape index (κ2) is 6.94. The summed E-state index contributed by atoms with van der Waals surface area (Å²) in [4.78, 5) is 5.00. The lowest BCUT2D eigenvalue weighted by atomic mass is 9.56. The Morgan fingerprint density at radius 2 is 2.04 bits per heavy atom. The molecule has 0 aromatic heterocycles. The van der Waals surface area contributed by atoms with Crippen LogP contribution in [0.5, 0.6) is 5.75 Å². The van der Waals surface area contributed by atoms with Gasteiger partial charge in [-0.15, -0.1) is 0 Å². The molecule has 1 aromatic carbocycles. The molecule has 0 aliphatic heterocycles. The molecule has 5 rings (SSSR count). The number of aryl methyl sites for hydroxylation is 1. The van der Waals surface area contributed by atoms with E-state index >= 15 is 0 Å². The lowest BCUT2D eigenvalue weighted by Crippen LogP contribution is -2.39. The van der Waals surface area contributed by atoms with E-state index in [2.05, 4.69) is 57.0 Å². The smallest absolute Gasteiger partial charge is 0.119 e. The molecule has 5 radical (unpaired) electrons. The molecular weight excluding hydrogens is 330 g/mol. The maximum absolute atomic E-state index is 5.46. The molecule has 0 N–H and O–H groups in total. The van der Waals surface area contributed by atoms with Crippen molar-refractivity contribution in [1.29, 1.82) is 0 Å². The van der Waals surface area contributed by atoms with E-state index in [1.807, 2.05) is 0 Å². The first kappa shape index (κ1) is 17.8. The first-order chi connectivity index (χ1) is 13.2. The normalized spacial score (nSPS) is 38.6. The van der Waals surface area contributed by atoms with E-state index < -0.39 is 0 Å². The molecule has 141 valence electrons. The largest absolute Gasteiger partial charge is 0.497 e. The third-order valence-electron chi connectivity index (χ3n) is 7.80. The highest BCUT2D eigenvalue weighted by atomic mass is 16.5. The highest BCUT2D eigenvalue weighted by Crippen LogP contribution is 2.61. The Labute approximate surface area is 164 Å². The number of aliphatic imine (C=N–C) groups is 1. The Balaban J connectivity index is 1.35. The van der Waals surface area contributed by atoms with Crippen molar-refractivity contribution in [2.75, 3.05) is 7.11 Å². The number of fused-ring (bicyclic) bond motifs is 5. The summed E-state index contributed by atoms with van der Waals surface area (Å²) in [5, 5.41) is 0. The third-order valence-corrected chi connectivity index (χ3v) is 7.80. The molecule has 4 aliphatic carbocycles. The molecular formula is C25H30NO. The molecule has 3 fully saturated rings. The van der Waals surface area contributed by atoms with E-state index in [4.69, 9.17) is 9.73 Å². The second-order valence-electron chi connectivity index (χ2n) is 9.26. The van der Waals surface area contributed by atoms with Crippen molar-refractivity contribution in [1.82, 2.24) is 0 Å². The number of nitrogens with zero attached hydrogens (tertiary/aromatic N) is 1. The second-order valence-corrected chi connectivity index (χ2v) is 9.26. The standard InChI is InChI=1S/C25H30NO/c1-25-12-11-22-21-10-8-20(27-2)13-18(21)7-9-23(22)24(25)14-19(15-25)26-16-17-5-3-4-6-17/h3-6,8,10,13,16,19,22-24H,7,9,11-12,14-15H2,1-2H3/t19-,22-,23-,24+,25-/m1/s1. The minimum Gasteiger partial charge on any atom is -0.497 e. The van der Waals surface area contributed by atoms with E-state index in [-0.39, 0.29) is 0 Å². The van der Waals surface area contributed by atoms with Gasteiger partial charge in [-0.2, -0.15) is 0 Å². The van der Waals surface area contributed by atoms with Gasteiger partial charge < -0.3 is 4.74 Å². The minimum atomic E-state index is 0.485. The fraction of sp³-hybridized carbons (Fsp3) is 0.520. The molecule has 27 heavy (non-hydrogen) atoms. The summed E-state index contributed by atoms with van der Waals surface area (Å²) in [5.74, 6) is 4.66. The molecule has 0 heterocycles. The van der Waals surface area contributed by atoms with Crippen LogP contribution in [0.1, 0.15) is 56.1 Å². The zero-order valence-electron chi connectivity index (χ0n) is 16.5. The predicted molar refractivity (Wildman–Crippen MR) is 110 cm³/mol. The van der Waals surface area contributed by atoms with Gasteiger partial charge in [0, 0.05) is 12.1 Å². The molecule has 0 saturated heterocycles. The van der Waals surface area contributed by atoms with Crippen molar-refractivity contribution in [2.24, 2.45) is 22.2 Å². The van der Waals surface area contributed by atoms with Gasteiger partial charge in [0.1, 0.15) is 5.75 Å². The Kier molecular flexibility index (Phi) is 4.57. The van der Waals surface area contributed by atoms with Crippen LogP contribution in [0.3, 0.4) is 0 Å². The van der Waals surface area contributed by atoms with Crippen molar-refractivity contribution in [2.45, 2.75) is 57.4 Å². The summed E-state index contributed by atoms with van der Waals surface area (Å²) in [6.07, 6.45) is 18.4. The van der Waals surface area contributed by atoms with Crippen LogP contribution in [0.25, 0.3) is 0 Å². The van der Waals surface area contributed by atoms with Crippen LogP contribution >= 0.6 is 0 Å². The molecule has 0 spiro atoms. The molecule has 3 saturated carbocycles. The van der Waals surface area contributed by atoms with Crippen LogP contribution in [-0.4, -0.2) is 19.4 Å². The van der Waals surface area contributed by atoms with Crippen LogP contribution in [0.15, 0.2) is 23.2 Å². The van der Waals surface area contributed by atoms with Crippen LogP contribution in [0.2, 0.25) is 0 Å². The van der Waals surface area contributed by atoms with Crippen LogP contribution < -0.4 is 4.74 Å². The number of rotatable bonds is 3. The number of hydrogen-bond acceptors (Lipinski definition) is 2. The summed E-state index contributed by atoms with van der Waals surface area (Å²) in [6.45, 7) is 2.55. The van der Waals surface area contributed by atoms with Gasteiger partial charge in [-0.1, -0.05) is 13.0 Å². The molecule has 4 aliphatic rings. The minimum absolute atomic E-state index is 0.485. The zero-order valence-corrected chi connectivity index (χ0v) is 16.5. The lowest BCUT2D eigenvalue weighted by molar-refractivity contribution is 0.0598. The molecule has 5 atom stereocenters. The van der Waals surface area contributed by atoms with E-state index in [9.17, 15) is 0 Å². The fourth-order valence-electron chi connectivity index (χ4n) is 6.49. The Hall–Kier alpha value is -1.31. The van der Waals surface area contributed by atoms with E-state index in [1.165, 1.54) is 50.0 Å². The van der Waals surface area contributed by atoms with Gasteiger partial charge in [-0.05, 0) is 111 Å². The Morgan fingerprint density at radius 1 is 1.19 bits per heavy atom. The molecule has 1 aromatic rings. The van der Waals surface area contributed by atoms with Crippen molar-refractivity contribution >= 4 is 6.21 Å². The number of benzene rings is 1.